The second-order valence-electron chi connectivity index (χ2n) is 5.93. The second-order valence-corrected chi connectivity index (χ2v) is 5.93. The molecule has 0 aromatic heterocycles. The predicted octanol–water partition coefficient (Wildman–Crippen LogP) is 2.47. The van der Waals surface area contributed by atoms with Crippen molar-refractivity contribution in [2.24, 2.45) is 5.41 Å². The Morgan fingerprint density at radius 3 is 2.85 bits per heavy atom. The summed E-state index contributed by atoms with van der Waals surface area (Å²) < 4.78 is 26.3. The fourth-order valence-electron chi connectivity index (χ4n) is 2.58. The van der Waals surface area contributed by atoms with E-state index in [0.717, 1.165) is 31.5 Å². The first-order valence-electron chi connectivity index (χ1n) is 6.87. The third-order valence-electron chi connectivity index (χ3n) is 3.97. The second kappa shape index (κ2) is 5.87. The van der Waals surface area contributed by atoms with Crippen molar-refractivity contribution in [2.45, 2.75) is 32.7 Å². The fourth-order valence-corrected chi connectivity index (χ4v) is 2.58. The van der Waals surface area contributed by atoms with Gasteiger partial charge >= 0.3 is 0 Å². The lowest BCUT2D eigenvalue weighted by Gasteiger charge is -2.39. The molecule has 110 valence electrons. The van der Waals surface area contributed by atoms with Crippen molar-refractivity contribution in [2.75, 3.05) is 13.1 Å². The summed E-state index contributed by atoms with van der Waals surface area (Å²) >= 11 is 0. The molecule has 3 nitrogen and oxygen atoms in total. The van der Waals surface area contributed by atoms with E-state index in [9.17, 15) is 13.6 Å². The lowest BCUT2D eigenvalue weighted by atomic mass is 9.77. The van der Waals surface area contributed by atoms with Gasteiger partial charge in [-0.3, -0.25) is 4.79 Å². The van der Waals surface area contributed by atoms with Crippen LogP contribution in [-0.2, 0) is 0 Å². The minimum atomic E-state index is -0.835. The Kier molecular flexibility index (Phi) is 4.38. The quantitative estimate of drug-likeness (QED) is 0.894. The molecule has 1 fully saturated rings. The predicted molar refractivity (Wildman–Crippen MR) is 73.5 cm³/mol. The zero-order chi connectivity index (χ0) is 14.8. The Hall–Kier alpha value is -1.49. The van der Waals surface area contributed by atoms with Gasteiger partial charge in [0, 0.05) is 18.7 Å². The van der Waals surface area contributed by atoms with Crippen molar-refractivity contribution < 1.29 is 13.6 Å². The van der Waals surface area contributed by atoms with Gasteiger partial charge in [-0.25, -0.2) is 8.78 Å². The zero-order valence-electron chi connectivity index (χ0n) is 11.8. The summed E-state index contributed by atoms with van der Waals surface area (Å²) in [6, 6.07) is 3.13. The summed E-state index contributed by atoms with van der Waals surface area (Å²) in [5.74, 6) is -2.03. The minimum Gasteiger partial charge on any atom is -0.350 e. The average Bonchev–Trinajstić information content (AvgIpc) is 2.36. The van der Waals surface area contributed by atoms with Crippen LogP contribution in [0.5, 0.6) is 0 Å². The van der Waals surface area contributed by atoms with E-state index in [2.05, 4.69) is 24.5 Å². The van der Waals surface area contributed by atoms with Gasteiger partial charge in [0.15, 0.2) is 0 Å². The van der Waals surface area contributed by atoms with Crippen molar-refractivity contribution in [1.29, 1.82) is 0 Å². The molecule has 0 saturated carbocycles. The molecule has 0 bridgehead atoms. The number of nitrogens with one attached hydrogen (secondary N) is 2. The van der Waals surface area contributed by atoms with Gasteiger partial charge in [0.05, 0.1) is 5.56 Å². The van der Waals surface area contributed by atoms with Crippen LogP contribution in [0.25, 0.3) is 0 Å². The Labute approximate surface area is 117 Å². The fraction of sp³-hybridized carbons (Fsp3) is 0.533. The highest BCUT2D eigenvalue weighted by Crippen LogP contribution is 2.29. The van der Waals surface area contributed by atoms with Crippen LogP contribution in [0.3, 0.4) is 0 Å². The molecule has 1 aromatic carbocycles. The molecule has 1 aliphatic rings. The van der Waals surface area contributed by atoms with Crippen molar-refractivity contribution in [3.63, 3.8) is 0 Å². The number of hydrogen-bond acceptors (Lipinski definition) is 2. The van der Waals surface area contributed by atoms with Gasteiger partial charge in [-0.2, -0.15) is 0 Å². The van der Waals surface area contributed by atoms with Crippen molar-refractivity contribution >= 4 is 5.91 Å². The van der Waals surface area contributed by atoms with Crippen molar-refractivity contribution in [3.05, 3.63) is 35.4 Å². The Balaban J connectivity index is 1.98. The van der Waals surface area contributed by atoms with E-state index in [-0.39, 0.29) is 17.0 Å². The molecule has 2 rings (SSSR count). The maximum atomic E-state index is 13.5. The highest BCUT2D eigenvalue weighted by Gasteiger charge is 2.32. The van der Waals surface area contributed by atoms with E-state index in [0.29, 0.717) is 6.54 Å². The van der Waals surface area contributed by atoms with E-state index in [1.807, 2.05) is 0 Å². The molecule has 0 radical (unpaired) electrons. The summed E-state index contributed by atoms with van der Waals surface area (Å²) in [6.45, 7) is 5.65. The summed E-state index contributed by atoms with van der Waals surface area (Å²) in [7, 11) is 0. The maximum absolute atomic E-state index is 13.5. The molecule has 20 heavy (non-hydrogen) atoms. The minimum absolute atomic E-state index is 0.0901. The topological polar surface area (TPSA) is 41.1 Å². The Morgan fingerprint density at radius 2 is 2.20 bits per heavy atom. The van der Waals surface area contributed by atoms with Crippen LogP contribution in [0.2, 0.25) is 0 Å². The maximum Gasteiger partial charge on any atom is 0.254 e. The molecule has 1 saturated heterocycles. The monoisotopic (exact) mass is 282 g/mol. The van der Waals surface area contributed by atoms with E-state index >= 15 is 0 Å². The molecule has 0 spiro atoms. The van der Waals surface area contributed by atoms with Crippen molar-refractivity contribution in [3.8, 4) is 0 Å². The number of rotatable bonds is 3. The van der Waals surface area contributed by atoms with Crippen LogP contribution in [0.1, 0.15) is 37.0 Å². The van der Waals surface area contributed by atoms with Crippen LogP contribution >= 0.6 is 0 Å². The molecule has 1 amide bonds. The zero-order valence-corrected chi connectivity index (χ0v) is 11.8. The molecule has 0 aliphatic carbocycles. The first kappa shape index (κ1) is 14.9. The van der Waals surface area contributed by atoms with Crippen LogP contribution in [-0.4, -0.2) is 25.0 Å². The summed E-state index contributed by atoms with van der Waals surface area (Å²) in [5, 5.41) is 6.09. The number of hydrogen-bond donors (Lipinski definition) is 2. The molecular weight excluding hydrogens is 262 g/mol. The van der Waals surface area contributed by atoms with Crippen LogP contribution in [0.15, 0.2) is 18.2 Å². The van der Waals surface area contributed by atoms with Gasteiger partial charge in [0.25, 0.3) is 5.91 Å². The molecule has 5 heteroatoms. The number of carbonyl (C=O) groups excluding carboxylic acids is 1. The lowest BCUT2D eigenvalue weighted by molar-refractivity contribution is 0.0925. The molecular formula is C15H20F2N2O. The highest BCUT2D eigenvalue weighted by atomic mass is 19.1. The molecule has 1 aromatic rings. The Bertz CT molecular complexity index is 503. The van der Waals surface area contributed by atoms with Gasteiger partial charge < -0.3 is 10.6 Å². The van der Waals surface area contributed by atoms with E-state index in [1.54, 1.807) is 0 Å². The number of carbonyl (C=O) groups is 1. The Morgan fingerprint density at radius 1 is 1.45 bits per heavy atom. The normalized spacial score (nSPS) is 21.5. The van der Waals surface area contributed by atoms with Gasteiger partial charge in [-0.05, 0) is 36.9 Å². The van der Waals surface area contributed by atoms with E-state index in [1.165, 1.54) is 6.07 Å². The largest absolute Gasteiger partial charge is 0.350 e. The third kappa shape index (κ3) is 3.33. The summed E-state index contributed by atoms with van der Waals surface area (Å²) in [6.07, 6.45) is 2.20. The first-order chi connectivity index (χ1) is 9.40. The SMILES string of the molecule is CC1(C)CCCNC1CNC(=O)c1ccc(F)cc1F. The molecule has 1 unspecified atom stereocenters. The third-order valence-corrected chi connectivity index (χ3v) is 3.97. The van der Waals surface area contributed by atoms with E-state index in [4.69, 9.17) is 0 Å². The number of benzene rings is 1. The van der Waals surface area contributed by atoms with Crippen LogP contribution in [0, 0.1) is 17.0 Å². The molecule has 1 heterocycles. The first-order valence-corrected chi connectivity index (χ1v) is 6.87. The number of piperidine rings is 1. The van der Waals surface area contributed by atoms with Gasteiger partial charge in [-0.15, -0.1) is 0 Å². The van der Waals surface area contributed by atoms with Gasteiger partial charge in [-0.1, -0.05) is 13.8 Å². The smallest absolute Gasteiger partial charge is 0.254 e. The summed E-state index contributed by atoms with van der Waals surface area (Å²) in [4.78, 5) is 11.9. The highest BCUT2D eigenvalue weighted by molar-refractivity contribution is 5.94. The number of halogens is 2. The standard InChI is InChI=1S/C15H20F2N2O/c1-15(2)6-3-7-18-13(15)9-19-14(20)11-5-4-10(16)8-12(11)17/h4-5,8,13,18H,3,6-7,9H2,1-2H3,(H,19,20). The lowest BCUT2D eigenvalue weighted by Crippen LogP contribution is -2.52. The van der Waals surface area contributed by atoms with Gasteiger partial charge in [0.1, 0.15) is 11.6 Å². The van der Waals surface area contributed by atoms with Crippen LogP contribution in [0.4, 0.5) is 8.78 Å². The molecule has 1 atom stereocenters. The number of amides is 1. The average molecular weight is 282 g/mol. The van der Waals surface area contributed by atoms with Gasteiger partial charge in [0.2, 0.25) is 0 Å². The van der Waals surface area contributed by atoms with Crippen molar-refractivity contribution in [1.82, 2.24) is 10.6 Å². The molecule has 1 aliphatic heterocycles. The van der Waals surface area contributed by atoms with Crippen LogP contribution < -0.4 is 10.6 Å². The van der Waals surface area contributed by atoms with E-state index < -0.39 is 17.5 Å². The summed E-state index contributed by atoms with van der Waals surface area (Å²) in [5.41, 5.74) is -0.0348. The molecule has 2 N–H and O–H groups in total.